The van der Waals surface area contributed by atoms with Gasteiger partial charge in [-0.1, -0.05) is 41.8 Å². The van der Waals surface area contributed by atoms with Crippen molar-refractivity contribution in [3.05, 3.63) is 0 Å². The van der Waals surface area contributed by atoms with Gasteiger partial charge in [0.2, 0.25) is 11.8 Å². The molecule has 0 aliphatic carbocycles. The van der Waals surface area contributed by atoms with Crippen LogP contribution in [0.25, 0.3) is 0 Å². The first kappa shape index (κ1) is 16.3. The molecule has 0 bridgehead atoms. The molecule has 2 N–H and O–H groups in total. The molecule has 6 nitrogen and oxygen atoms in total. The second kappa shape index (κ2) is 9.16. The molecule has 0 spiro atoms. The van der Waals surface area contributed by atoms with Gasteiger partial charge in [0.25, 0.3) is 0 Å². The molecule has 1 heterocycles. The van der Waals surface area contributed by atoms with Crippen molar-refractivity contribution in [2.75, 3.05) is 25.1 Å². The van der Waals surface area contributed by atoms with Gasteiger partial charge in [-0.2, -0.15) is 0 Å². The Bertz CT molecular complexity index is 425. The molecule has 0 aromatic carbocycles. The number of hydrogen-bond acceptors (Lipinski definition) is 7. The van der Waals surface area contributed by atoms with Crippen molar-refractivity contribution in [1.82, 2.24) is 20.8 Å². The lowest BCUT2D eigenvalue weighted by Gasteiger charge is -2.04. The molecule has 1 aromatic rings. The van der Waals surface area contributed by atoms with Gasteiger partial charge >= 0.3 is 0 Å². The van der Waals surface area contributed by atoms with Crippen LogP contribution in [0.15, 0.2) is 8.68 Å². The van der Waals surface area contributed by atoms with Crippen LogP contribution in [0.5, 0.6) is 0 Å². The lowest BCUT2D eigenvalue weighted by atomic mass is 10.4. The molecule has 0 saturated heterocycles. The molecule has 9 heteroatoms. The minimum absolute atomic E-state index is 0.0194. The predicted molar refractivity (Wildman–Crippen MR) is 78.7 cm³/mol. The van der Waals surface area contributed by atoms with Crippen molar-refractivity contribution in [2.24, 2.45) is 0 Å². The molecular weight excluding hydrogens is 304 g/mol. The Hall–Kier alpha value is -0.800. The molecule has 0 unspecified atom stereocenters. The highest BCUT2D eigenvalue weighted by molar-refractivity contribution is 8.03. The van der Waals surface area contributed by atoms with E-state index in [0.29, 0.717) is 6.54 Å². The summed E-state index contributed by atoms with van der Waals surface area (Å²) in [5, 5.41) is 13.1. The number of amides is 2. The minimum Gasteiger partial charge on any atom is -0.355 e. The monoisotopic (exact) mass is 320 g/mol. The highest BCUT2D eigenvalue weighted by Gasteiger charge is 2.08. The molecule has 1 rings (SSSR count). The summed E-state index contributed by atoms with van der Waals surface area (Å²) < 4.78 is 1.64. The van der Waals surface area contributed by atoms with Crippen LogP contribution < -0.4 is 10.6 Å². The van der Waals surface area contributed by atoms with Crippen LogP contribution in [-0.2, 0) is 9.59 Å². The lowest BCUT2D eigenvalue weighted by molar-refractivity contribution is -0.124. The first-order valence-electron chi connectivity index (χ1n) is 5.69. The highest BCUT2D eigenvalue weighted by Crippen LogP contribution is 2.26. The van der Waals surface area contributed by atoms with Gasteiger partial charge in [-0.15, -0.1) is 10.2 Å². The summed E-state index contributed by atoms with van der Waals surface area (Å²) in [5.41, 5.74) is 0. The molecule has 2 amide bonds. The Labute approximate surface area is 124 Å². The molecule has 0 aliphatic rings. The van der Waals surface area contributed by atoms with E-state index in [1.165, 1.54) is 34.9 Å². The van der Waals surface area contributed by atoms with Crippen LogP contribution in [0.1, 0.15) is 13.3 Å². The van der Waals surface area contributed by atoms with Gasteiger partial charge in [-0.3, -0.25) is 9.59 Å². The van der Waals surface area contributed by atoms with Gasteiger partial charge in [0.15, 0.2) is 8.68 Å². The summed E-state index contributed by atoms with van der Waals surface area (Å²) >= 11 is 4.30. The number of thioether (sulfide) groups is 2. The summed E-state index contributed by atoms with van der Waals surface area (Å²) in [6.45, 7) is 2.62. The van der Waals surface area contributed by atoms with Crippen LogP contribution in [-0.4, -0.2) is 47.1 Å². The second-order valence-corrected chi connectivity index (χ2v) is 6.71. The van der Waals surface area contributed by atoms with E-state index in [1.54, 1.807) is 0 Å². The van der Waals surface area contributed by atoms with Crippen LogP contribution >= 0.6 is 34.9 Å². The van der Waals surface area contributed by atoms with Crippen LogP contribution in [0.2, 0.25) is 0 Å². The Morgan fingerprint density at radius 1 is 1.21 bits per heavy atom. The smallest absolute Gasteiger partial charge is 0.239 e. The molecule has 0 fully saturated rings. The predicted octanol–water partition coefficient (Wildman–Crippen LogP) is 0.994. The Balaban J connectivity index is 2.19. The van der Waals surface area contributed by atoms with Crippen molar-refractivity contribution in [3.63, 3.8) is 0 Å². The Morgan fingerprint density at radius 3 is 2.58 bits per heavy atom. The first-order chi connectivity index (χ1) is 9.15. The van der Waals surface area contributed by atoms with Crippen LogP contribution in [0.3, 0.4) is 0 Å². The maximum absolute atomic E-state index is 11.5. The summed E-state index contributed by atoms with van der Waals surface area (Å²) in [6, 6.07) is 0. The number of aromatic nitrogens is 2. The lowest BCUT2D eigenvalue weighted by Crippen LogP contribution is -2.37. The number of carbonyl (C=O) groups is 2. The minimum atomic E-state index is -0.183. The molecule has 0 atom stereocenters. The fourth-order valence-corrected chi connectivity index (χ4v) is 3.29. The van der Waals surface area contributed by atoms with Crippen LogP contribution in [0.4, 0.5) is 0 Å². The molecule has 0 radical (unpaired) electrons. The zero-order valence-corrected chi connectivity index (χ0v) is 13.2. The van der Waals surface area contributed by atoms with E-state index in [-0.39, 0.29) is 24.1 Å². The number of rotatable bonds is 8. The van der Waals surface area contributed by atoms with E-state index in [9.17, 15) is 9.59 Å². The van der Waals surface area contributed by atoms with Crippen molar-refractivity contribution < 1.29 is 9.59 Å². The van der Waals surface area contributed by atoms with Crippen molar-refractivity contribution in [3.8, 4) is 0 Å². The third kappa shape index (κ3) is 6.79. The topological polar surface area (TPSA) is 84.0 Å². The highest BCUT2D eigenvalue weighted by atomic mass is 32.2. The standard InChI is InChI=1S/C10H16N4O2S3/c1-3-4-11-7(15)5-12-8(16)6-18-10-14-13-9(17-2)19-10/h3-6H2,1-2H3,(H,11,15)(H,12,16). The molecule has 1 aromatic heterocycles. The van der Waals surface area contributed by atoms with E-state index in [1.807, 2.05) is 13.2 Å². The zero-order chi connectivity index (χ0) is 14.1. The van der Waals surface area contributed by atoms with E-state index in [4.69, 9.17) is 0 Å². The number of carbonyl (C=O) groups excluding carboxylic acids is 2. The maximum atomic E-state index is 11.5. The fraction of sp³-hybridized carbons (Fsp3) is 0.600. The fourth-order valence-electron chi connectivity index (χ4n) is 1.02. The molecule has 19 heavy (non-hydrogen) atoms. The van der Waals surface area contributed by atoms with Gasteiger partial charge in [-0.05, 0) is 12.7 Å². The molecule has 0 saturated carbocycles. The summed E-state index contributed by atoms with van der Waals surface area (Å²) in [5.74, 6) is -0.109. The van der Waals surface area contributed by atoms with Crippen LogP contribution in [0, 0.1) is 0 Å². The van der Waals surface area contributed by atoms with E-state index in [2.05, 4.69) is 20.8 Å². The summed E-state index contributed by atoms with van der Waals surface area (Å²) in [4.78, 5) is 22.8. The van der Waals surface area contributed by atoms with Gasteiger partial charge in [0.05, 0.1) is 12.3 Å². The number of nitrogens with zero attached hydrogens (tertiary/aromatic N) is 2. The molecule has 0 aliphatic heterocycles. The molecule has 106 valence electrons. The third-order valence-electron chi connectivity index (χ3n) is 1.91. The quantitative estimate of drug-likeness (QED) is 0.695. The first-order valence-corrected chi connectivity index (χ1v) is 8.72. The summed E-state index contributed by atoms with van der Waals surface area (Å²) in [6.07, 6.45) is 2.81. The number of nitrogens with one attached hydrogen (secondary N) is 2. The average Bonchev–Trinajstić information content (AvgIpc) is 2.88. The normalized spacial score (nSPS) is 10.2. The van der Waals surface area contributed by atoms with Gasteiger partial charge in [-0.25, -0.2) is 0 Å². The largest absolute Gasteiger partial charge is 0.355 e. The molecular formula is C10H16N4O2S3. The summed E-state index contributed by atoms with van der Waals surface area (Å²) in [7, 11) is 0. The average molecular weight is 320 g/mol. The van der Waals surface area contributed by atoms with Crippen molar-refractivity contribution in [1.29, 1.82) is 0 Å². The van der Waals surface area contributed by atoms with Gasteiger partial charge in [0, 0.05) is 6.54 Å². The Morgan fingerprint density at radius 2 is 1.95 bits per heavy atom. The van der Waals surface area contributed by atoms with E-state index in [0.717, 1.165) is 15.1 Å². The Kier molecular flexibility index (Phi) is 7.84. The zero-order valence-electron chi connectivity index (χ0n) is 10.8. The van der Waals surface area contributed by atoms with Crippen molar-refractivity contribution in [2.45, 2.75) is 22.0 Å². The van der Waals surface area contributed by atoms with E-state index < -0.39 is 0 Å². The third-order valence-corrected chi connectivity index (χ3v) is 4.94. The van der Waals surface area contributed by atoms with Crippen molar-refractivity contribution >= 4 is 46.7 Å². The number of hydrogen-bond donors (Lipinski definition) is 2. The van der Waals surface area contributed by atoms with E-state index >= 15 is 0 Å². The van der Waals surface area contributed by atoms with Gasteiger partial charge in [0.1, 0.15) is 0 Å². The maximum Gasteiger partial charge on any atom is 0.239 e. The SMILES string of the molecule is CCCNC(=O)CNC(=O)CSc1nnc(SC)s1. The van der Waals surface area contributed by atoms with Gasteiger partial charge < -0.3 is 10.6 Å². The second-order valence-electron chi connectivity index (χ2n) is 3.45.